The van der Waals surface area contributed by atoms with E-state index in [1.807, 2.05) is 0 Å². The fourth-order valence-corrected chi connectivity index (χ4v) is 1.32. The molecule has 0 aliphatic heterocycles. The molecule has 0 saturated carbocycles. The van der Waals surface area contributed by atoms with Gasteiger partial charge >= 0.3 is 6.01 Å². The lowest BCUT2D eigenvalue weighted by molar-refractivity contribution is 0.336. The number of hydrogen-bond acceptors (Lipinski definition) is 6. The van der Waals surface area contributed by atoms with Crippen LogP contribution in [0, 0.1) is 0 Å². The fraction of sp³-hybridized carbons (Fsp3) is 0.300. The first kappa shape index (κ1) is 11.2. The number of rotatable bonds is 4. The minimum absolute atomic E-state index is 0.135. The zero-order valence-corrected chi connectivity index (χ0v) is 9.75. The molecule has 0 atom stereocenters. The molecule has 0 aliphatic carbocycles. The van der Waals surface area contributed by atoms with Crippen LogP contribution < -0.4 is 14.2 Å². The van der Waals surface area contributed by atoms with E-state index < -0.39 is 0 Å². The van der Waals surface area contributed by atoms with Crippen LogP contribution in [0.15, 0.2) is 18.2 Å². The van der Waals surface area contributed by atoms with Gasteiger partial charge < -0.3 is 14.2 Å². The van der Waals surface area contributed by atoms with E-state index in [1.54, 1.807) is 39.5 Å². The van der Waals surface area contributed by atoms with Crippen molar-refractivity contribution in [1.82, 2.24) is 20.2 Å². The molecule has 1 heterocycles. The van der Waals surface area contributed by atoms with Crippen molar-refractivity contribution in [2.45, 2.75) is 0 Å². The summed E-state index contributed by atoms with van der Waals surface area (Å²) < 4.78 is 15.8. The molecule has 0 unspecified atom stereocenters. The quantitative estimate of drug-likeness (QED) is 0.789. The van der Waals surface area contributed by atoms with Gasteiger partial charge in [0.2, 0.25) is 5.75 Å². The Labute approximate surface area is 97.9 Å². The number of nitrogens with zero attached hydrogens (tertiary/aromatic N) is 4. The van der Waals surface area contributed by atoms with Crippen LogP contribution in [0.4, 0.5) is 0 Å². The maximum atomic E-state index is 5.49. The van der Waals surface area contributed by atoms with Gasteiger partial charge in [0.05, 0.1) is 21.3 Å². The van der Waals surface area contributed by atoms with E-state index in [2.05, 4.69) is 15.4 Å². The number of aryl methyl sites for hydroxylation is 1. The molecule has 0 spiro atoms. The van der Waals surface area contributed by atoms with Crippen LogP contribution in [0.5, 0.6) is 23.3 Å². The van der Waals surface area contributed by atoms with Crippen LogP contribution in [0.2, 0.25) is 0 Å². The number of ether oxygens (including phenoxy) is 3. The topological polar surface area (TPSA) is 71.3 Å². The molecule has 0 fully saturated rings. The second-order valence-corrected chi connectivity index (χ2v) is 3.16. The van der Waals surface area contributed by atoms with Gasteiger partial charge in [0.15, 0.2) is 11.5 Å². The second-order valence-electron chi connectivity index (χ2n) is 3.16. The average Bonchev–Trinajstić information content (AvgIpc) is 2.75. The average molecular weight is 236 g/mol. The number of benzene rings is 1. The number of tetrazole rings is 1. The predicted molar refractivity (Wildman–Crippen MR) is 58.4 cm³/mol. The van der Waals surface area contributed by atoms with Crippen molar-refractivity contribution >= 4 is 0 Å². The summed E-state index contributed by atoms with van der Waals surface area (Å²) in [5.74, 6) is 1.50. The summed E-state index contributed by atoms with van der Waals surface area (Å²) in [6.07, 6.45) is 0. The number of para-hydroxylation sites is 1. The highest BCUT2D eigenvalue weighted by Crippen LogP contribution is 2.38. The van der Waals surface area contributed by atoms with Gasteiger partial charge in [0, 0.05) is 0 Å². The molecule has 0 bridgehead atoms. The zero-order valence-electron chi connectivity index (χ0n) is 9.75. The third-order valence-corrected chi connectivity index (χ3v) is 2.07. The van der Waals surface area contributed by atoms with E-state index in [0.29, 0.717) is 17.2 Å². The van der Waals surface area contributed by atoms with Gasteiger partial charge in [-0.3, -0.25) is 0 Å². The van der Waals surface area contributed by atoms with Gasteiger partial charge in [-0.05, 0) is 17.3 Å². The highest BCUT2D eigenvalue weighted by Gasteiger charge is 2.14. The summed E-state index contributed by atoms with van der Waals surface area (Å²) in [7, 11) is 4.75. The molecule has 0 saturated heterocycles. The highest BCUT2D eigenvalue weighted by molar-refractivity contribution is 5.52. The lowest BCUT2D eigenvalue weighted by atomic mass is 10.3. The second kappa shape index (κ2) is 4.69. The third kappa shape index (κ3) is 2.27. The number of aromatic nitrogens is 4. The predicted octanol–water partition coefficient (Wildman–Crippen LogP) is 1.02. The van der Waals surface area contributed by atoms with Crippen molar-refractivity contribution in [3.8, 4) is 23.3 Å². The van der Waals surface area contributed by atoms with E-state index in [1.165, 1.54) is 4.80 Å². The summed E-state index contributed by atoms with van der Waals surface area (Å²) >= 11 is 0. The zero-order chi connectivity index (χ0) is 12.3. The van der Waals surface area contributed by atoms with Crippen molar-refractivity contribution in [1.29, 1.82) is 0 Å². The summed E-state index contributed by atoms with van der Waals surface area (Å²) in [4.78, 5) is 1.30. The van der Waals surface area contributed by atoms with Gasteiger partial charge in [-0.2, -0.15) is 4.80 Å². The Balaban J connectivity index is 2.36. The molecule has 0 N–H and O–H groups in total. The van der Waals surface area contributed by atoms with Crippen LogP contribution in [0.25, 0.3) is 0 Å². The van der Waals surface area contributed by atoms with E-state index in [0.717, 1.165) is 0 Å². The Kier molecular flexibility index (Phi) is 3.08. The summed E-state index contributed by atoms with van der Waals surface area (Å²) in [5, 5.41) is 11.3. The first-order valence-corrected chi connectivity index (χ1v) is 4.87. The lowest BCUT2D eigenvalue weighted by Crippen LogP contribution is -1.96. The van der Waals surface area contributed by atoms with Crippen LogP contribution in [-0.4, -0.2) is 34.4 Å². The van der Waals surface area contributed by atoms with Crippen molar-refractivity contribution in [3.05, 3.63) is 18.2 Å². The van der Waals surface area contributed by atoms with Gasteiger partial charge in [-0.1, -0.05) is 16.3 Å². The van der Waals surface area contributed by atoms with E-state index in [-0.39, 0.29) is 6.01 Å². The first-order valence-electron chi connectivity index (χ1n) is 4.87. The molecule has 0 amide bonds. The van der Waals surface area contributed by atoms with Crippen molar-refractivity contribution in [2.75, 3.05) is 14.2 Å². The van der Waals surface area contributed by atoms with Gasteiger partial charge in [-0.15, -0.1) is 0 Å². The molecule has 2 aromatic rings. The maximum Gasteiger partial charge on any atom is 0.361 e. The van der Waals surface area contributed by atoms with Crippen LogP contribution in [0.1, 0.15) is 0 Å². The Morgan fingerprint density at radius 2 is 1.76 bits per heavy atom. The van der Waals surface area contributed by atoms with Crippen LogP contribution >= 0.6 is 0 Å². The lowest BCUT2D eigenvalue weighted by Gasteiger charge is -2.10. The molecule has 7 nitrogen and oxygen atoms in total. The molecule has 90 valence electrons. The largest absolute Gasteiger partial charge is 0.493 e. The number of hydrogen-bond donors (Lipinski definition) is 0. The van der Waals surface area contributed by atoms with Crippen molar-refractivity contribution in [2.24, 2.45) is 7.05 Å². The molecule has 17 heavy (non-hydrogen) atoms. The molecular formula is C10H12N4O3. The summed E-state index contributed by atoms with van der Waals surface area (Å²) in [5.41, 5.74) is 0. The van der Waals surface area contributed by atoms with E-state index >= 15 is 0 Å². The van der Waals surface area contributed by atoms with Crippen LogP contribution in [-0.2, 0) is 7.05 Å². The fourth-order valence-electron chi connectivity index (χ4n) is 1.32. The molecule has 0 aliphatic rings. The van der Waals surface area contributed by atoms with Crippen LogP contribution in [0.3, 0.4) is 0 Å². The van der Waals surface area contributed by atoms with Crippen molar-refractivity contribution in [3.63, 3.8) is 0 Å². The smallest absolute Gasteiger partial charge is 0.361 e. The molecule has 0 radical (unpaired) electrons. The maximum absolute atomic E-state index is 5.49. The van der Waals surface area contributed by atoms with Crippen molar-refractivity contribution < 1.29 is 14.2 Å². The van der Waals surface area contributed by atoms with Gasteiger partial charge in [0.1, 0.15) is 0 Å². The summed E-state index contributed by atoms with van der Waals surface area (Å²) in [6.45, 7) is 0. The minimum Gasteiger partial charge on any atom is -0.493 e. The molecule has 7 heteroatoms. The molecular weight excluding hydrogens is 224 g/mol. The third-order valence-electron chi connectivity index (χ3n) is 2.07. The SMILES string of the molecule is COc1cccc(OC)c1Oc1nnn(C)n1. The van der Waals surface area contributed by atoms with E-state index in [9.17, 15) is 0 Å². The number of methoxy groups -OCH3 is 2. The molecule has 1 aromatic carbocycles. The standard InChI is InChI=1S/C10H12N4O3/c1-14-12-10(11-13-14)17-9-7(15-2)5-4-6-8(9)16-3/h4-6H,1-3H3. The Hall–Kier alpha value is -2.31. The minimum atomic E-state index is 0.135. The normalized spacial score (nSPS) is 10.1. The summed E-state index contributed by atoms with van der Waals surface area (Å²) in [6, 6.07) is 5.45. The Morgan fingerprint density at radius 1 is 1.12 bits per heavy atom. The first-order chi connectivity index (χ1) is 8.24. The molecule has 1 aromatic heterocycles. The Bertz CT molecular complexity index is 490. The molecule has 2 rings (SSSR count). The van der Waals surface area contributed by atoms with Gasteiger partial charge in [-0.25, -0.2) is 0 Å². The monoisotopic (exact) mass is 236 g/mol. The van der Waals surface area contributed by atoms with E-state index in [4.69, 9.17) is 14.2 Å². The highest BCUT2D eigenvalue weighted by atomic mass is 16.5. The van der Waals surface area contributed by atoms with Gasteiger partial charge in [0.25, 0.3) is 0 Å². The Morgan fingerprint density at radius 3 is 2.24 bits per heavy atom.